The lowest BCUT2D eigenvalue weighted by Crippen LogP contribution is -2.38. The lowest BCUT2D eigenvalue weighted by atomic mass is 10.2. The van der Waals surface area contributed by atoms with Gasteiger partial charge in [-0.25, -0.2) is 14.0 Å². The van der Waals surface area contributed by atoms with Gasteiger partial charge in [0.1, 0.15) is 11.7 Å². The number of benzene rings is 1. The van der Waals surface area contributed by atoms with Crippen LogP contribution in [0.3, 0.4) is 0 Å². The molecule has 0 radical (unpaired) electrons. The van der Waals surface area contributed by atoms with Crippen LogP contribution in [0.5, 0.6) is 0 Å². The molecule has 0 aromatic heterocycles. The molecule has 2 aliphatic rings. The van der Waals surface area contributed by atoms with Gasteiger partial charge < -0.3 is 19.5 Å². The van der Waals surface area contributed by atoms with Gasteiger partial charge in [0.15, 0.2) is 12.6 Å². The van der Waals surface area contributed by atoms with Crippen LogP contribution in [0.1, 0.15) is 13.8 Å². The van der Waals surface area contributed by atoms with Crippen molar-refractivity contribution in [3.8, 4) is 0 Å². The number of hydrogen-bond donors (Lipinski definition) is 0. The lowest BCUT2D eigenvalue weighted by Gasteiger charge is -2.29. The maximum absolute atomic E-state index is 14.6. The Bertz CT molecular complexity index is 772. The Morgan fingerprint density at radius 2 is 2.04 bits per heavy atom. The fraction of sp³-hybridized carbons (Fsp3) is 0.500. The minimum atomic E-state index is -0.660. The molecule has 3 rings (SSSR count). The summed E-state index contributed by atoms with van der Waals surface area (Å²) in [4.78, 5) is 26.9. The molecule has 0 saturated carbocycles. The lowest BCUT2D eigenvalue weighted by molar-refractivity contribution is -0.495. The summed E-state index contributed by atoms with van der Waals surface area (Å²) in [6, 6.07) is 4.58. The van der Waals surface area contributed by atoms with E-state index in [1.807, 2.05) is 4.90 Å². The number of rotatable bonds is 4. The van der Waals surface area contributed by atoms with E-state index in [-0.39, 0.29) is 13.1 Å². The van der Waals surface area contributed by atoms with Crippen molar-refractivity contribution in [3.05, 3.63) is 24.0 Å². The Labute approximate surface area is 156 Å². The summed E-state index contributed by atoms with van der Waals surface area (Å²) in [5.41, 5.74) is 0.833. The second-order valence-corrected chi connectivity index (χ2v) is 6.50. The number of carbonyl (C=O) groups excluding carboxylic acids is 2. The van der Waals surface area contributed by atoms with Gasteiger partial charge in [0, 0.05) is 20.0 Å². The monoisotopic (exact) mass is 379 g/mol. The number of ether oxygens (including phenoxy) is 2. The molecule has 2 saturated heterocycles. The van der Waals surface area contributed by atoms with Gasteiger partial charge in [-0.15, -0.1) is 0 Å². The van der Waals surface area contributed by atoms with Gasteiger partial charge in [0.2, 0.25) is 0 Å². The van der Waals surface area contributed by atoms with Crippen LogP contribution in [-0.4, -0.2) is 68.0 Å². The van der Waals surface area contributed by atoms with Gasteiger partial charge in [0.25, 0.3) is 0 Å². The fourth-order valence-electron chi connectivity index (χ4n) is 3.23. The van der Waals surface area contributed by atoms with Crippen LogP contribution in [0.25, 0.3) is 0 Å². The molecule has 0 N–H and O–H groups in total. The predicted octanol–water partition coefficient (Wildman–Crippen LogP) is 0.325. The van der Waals surface area contributed by atoms with E-state index in [9.17, 15) is 19.1 Å². The minimum Gasteiger partial charge on any atom is -0.827 e. The quantitative estimate of drug-likeness (QED) is 0.426. The van der Waals surface area contributed by atoms with Crippen LogP contribution in [-0.2, 0) is 14.3 Å². The van der Waals surface area contributed by atoms with Gasteiger partial charge in [-0.3, -0.25) is 4.90 Å². The number of amides is 2. The van der Waals surface area contributed by atoms with Crippen molar-refractivity contribution in [2.75, 3.05) is 49.2 Å². The zero-order valence-corrected chi connectivity index (χ0v) is 15.3. The summed E-state index contributed by atoms with van der Waals surface area (Å²) in [5, 5.41) is 11.5. The molecule has 0 aliphatic carbocycles. The summed E-state index contributed by atoms with van der Waals surface area (Å²) < 4.78 is 26.1. The molecular weight excluding hydrogens is 357 g/mol. The molecule has 0 spiro atoms. The number of carbonyl (C=O) groups is 2. The first kappa shape index (κ1) is 19.1. The van der Waals surface area contributed by atoms with Gasteiger partial charge in [-0.05, 0) is 18.2 Å². The largest absolute Gasteiger partial charge is 0.827 e. The zero-order valence-electron chi connectivity index (χ0n) is 15.3. The van der Waals surface area contributed by atoms with Crippen LogP contribution in [0, 0.1) is 5.82 Å². The van der Waals surface area contributed by atoms with Crippen molar-refractivity contribution in [2.45, 2.75) is 20.0 Å². The molecule has 2 fully saturated rings. The van der Waals surface area contributed by atoms with Crippen LogP contribution >= 0.6 is 0 Å². The number of hydrogen-bond acceptors (Lipinski definition) is 6. The first-order valence-corrected chi connectivity index (χ1v) is 8.76. The third-order valence-corrected chi connectivity index (χ3v) is 4.62. The van der Waals surface area contributed by atoms with E-state index in [4.69, 9.17) is 9.47 Å². The number of morpholine rings is 1. The summed E-state index contributed by atoms with van der Waals surface area (Å²) in [5.74, 6) is -1.27. The highest BCUT2D eigenvalue weighted by molar-refractivity contribution is 5.90. The molecule has 2 amide bonds. The molecule has 146 valence electrons. The molecule has 8 nitrogen and oxygen atoms in total. The SMILES string of the molecule is CC(=O)[N+](C[C@H]1CN(c2ccc(N3CCOCC3)c(F)c2)C(=O)O1)=C(C)[O-]. The van der Waals surface area contributed by atoms with Crippen LogP contribution in [0.4, 0.5) is 20.6 Å². The van der Waals surface area contributed by atoms with E-state index in [1.54, 1.807) is 12.1 Å². The summed E-state index contributed by atoms with van der Waals surface area (Å²) >= 11 is 0. The van der Waals surface area contributed by atoms with Gasteiger partial charge in [-0.1, -0.05) is 0 Å². The average Bonchev–Trinajstić information content (AvgIpc) is 3.00. The van der Waals surface area contributed by atoms with Crippen molar-refractivity contribution in [2.24, 2.45) is 0 Å². The van der Waals surface area contributed by atoms with Crippen molar-refractivity contribution in [1.82, 2.24) is 0 Å². The van der Waals surface area contributed by atoms with E-state index in [1.165, 1.54) is 24.8 Å². The molecule has 9 heteroatoms. The van der Waals surface area contributed by atoms with Crippen molar-refractivity contribution >= 4 is 29.3 Å². The van der Waals surface area contributed by atoms with E-state index in [2.05, 4.69) is 0 Å². The van der Waals surface area contributed by atoms with Crippen molar-refractivity contribution in [1.29, 1.82) is 0 Å². The van der Waals surface area contributed by atoms with Crippen molar-refractivity contribution < 1.29 is 33.1 Å². The second kappa shape index (κ2) is 7.91. The average molecular weight is 379 g/mol. The smallest absolute Gasteiger partial charge is 0.414 e. The van der Waals surface area contributed by atoms with Crippen LogP contribution < -0.4 is 14.9 Å². The van der Waals surface area contributed by atoms with Crippen LogP contribution in [0.2, 0.25) is 0 Å². The maximum atomic E-state index is 14.6. The number of nitrogens with zero attached hydrogens (tertiary/aromatic N) is 3. The molecule has 2 aliphatic heterocycles. The molecule has 1 aromatic carbocycles. The van der Waals surface area contributed by atoms with Crippen LogP contribution in [0.15, 0.2) is 18.2 Å². The van der Waals surface area contributed by atoms with Gasteiger partial charge in [-0.2, -0.15) is 4.58 Å². The highest BCUT2D eigenvalue weighted by Gasteiger charge is 2.36. The molecule has 0 unspecified atom stereocenters. The third-order valence-electron chi connectivity index (χ3n) is 4.62. The summed E-state index contributed by atoms with van der Waals surface area (Å²) in [7, 11) is 0. The first-order chi connectivity index (χ1) is 12.9. The van der Waals surface area contributed by atoms with E-state index in [0.717, 1.165) is 4.58 Å². The van der Waals surface area contributed by atoms with Crippen molar-refractivity contribution in [3.63, 3.8) is 0 Å². The second-order valence-electron chi connectivity index (χ2n) is 6.50. The normalized spacial score (nSPS) is 21.1. The Hall–Kier alpha value is -2.68. The maximum Gasteiger partial charge on any atom is 0.414 e. The predicted molar refractivity (Wildman–Crippen MR) is 93.5 cm³/mol. The van der Waals surface area contributed by atoms with E-state index in [0.29, 0.717) is 37.7 Å². The Balaban J connectivity index is 1.73. The molecule has 27 heavy (non-hydrogen) atoms. The molecule has 0 bridgehead atoms. The van der Waals surface area contributed by atoms with Gasteiger partial charge >= 0.3 is 12.0 Å². The fourth-order valence-corrected chi connectivity index (χ4v) is 3.23. The Morgan fingerprint density at radius 3 is 2.63 bits per heavy atom. The molecule has 1 aromatic rings. The Kier molecular flexibility index (Phi) is 5.59. The Morgan fingerprint density at radius 1 is 1.33 bits per heavy atom. The zero-order chi connectivity index (χ0) is 19.6. The summed E-state index contributed by atoms with van der Waals surface area (Å²) in [6.07, 6.45) is -1.29. The first-order valence-electron chi connectivity index (χ1n) is 8.76. The van der Waals surface area contributed by atoms with Gasteiger partial charge in [0.05, 0.1) is 38.1 Å². The van der Waals surface area contributed by atoms with E-state index < -0.39 is 29.8 Å². The number of halogens is 1. The van der Waals surface area contributed by atoms with E-state index >= 15 is 0 Å². The molecular formula is C18H22FN3O5. The minimum absolute atomic E-state index is 0.0265. The topological polar surface area (TPSA) is 85.2 Å². The molecule has 2 heterocycles. The standard InChI is InChI=1S/C18H22FN3O5/c1-12(23)21(13(2)24)10-15-11-22(18(25)27-15)14-3-4-17(16(19)9-14)20-5-7-26-8-6-20/h3-4,9,15H,5-8,10-11H2,1-2H3/t15-/m0/s1. The third kappa shape index (κ3) is 4.19. The summed E-state index contributed by atoms with van der Waals surface area (Å²) in [6.45, 7) is 4.96. The molecule has 1 atom stereocenters. The number of anilines is 2. The number of cyclic esters (lactones) is 1. The highest BCUT2D eigenvalue weighted by Crippen LogP contribution is 2.28. The highest BCUT2D eigenvalue weighted by atomic mass is 19.1.